The van der Waals surface area contributed by atoms with Crippen molar-refractivity contribution in [3.05, 3.63) is 17.5 Å². The van der Waals surface area contributed by atoms with Crippen LogP contribution in [0.5, 0.6) is 0 Å². The lowest BCUT2D eigenvalue weighted by molar-refractivity contribution is 0.244. The standard InChI is InChI=1S/C14H23N3O/c1-9(2)12-7-11(4)15-14(16-12)17-6-5-10(3)13(17)8-18/h7,9-10,13,18H,5-6,8H2,1-4H3. The molecule has 0 bridgehead atoms. The number of rotatable bonds is 3. The Kier molecular flexibility index (Phi) is 3.85. The molecule has 2 atom stereocenters. The van der Waals surface area contributed by atoms with Gasteiger partial charge in [-0.3, -0.25) is 0 Å². The summed E-state index contributed by atoms with van der Waals surface area (Å²) in [6, 6.07) is 2.20. The molecular formula is C14H23N3O. The highest BCUT2D eigenvalue weighted by Crippen LogP contribution is 2.28. The molecule has 1 N–H and O–H groups in total. The lowest BCUT2D eigenvalue weighted by Crippen LogP contribution is -2.36. The smallest absolute Gasteiger partial charge is 0.226 e. The summed E-state index contributed by atoms with van der Waals surface area (Å²) in [7, 11) is 0. The van der Waals surface area contributed by atoms with Crippen LogP contribution in [-0.2, 0) is 0 Å². The fourth-order valence-electron chi connectivity index (χ4n) is 2.54. The highest BCUT2D eigenvalue weighted by molar-refractivity contribution is 5.36. The van der Waals surface area contributed by atoms with Gasteiger partial charge in [0.1, 0.15) is 0 Å². The van der Waals surface area contributed by atoms with Gasteiger partial charge in [0.05, 0.1) is 12.6 Å². The second-order valence-corrected chi connectivity index (χ2v) is 5.60. The van der Waals surface area contributed by atoms with Gasteiger partial charge in [-0.1, -0.05) is 20.8 Å². The number of hydrogen-bond acceptors (Lipinski definition) is 4. The number of nitrogens with zero attached hydrogens (tertiary/aromatic N) is 3. The van der Waals surface area contributed by atoms with Crippen LogP contribution in [0.1, 0.15) is 44.5 Å². The number of hydrogen-bond donors (Lipinski definition) is 1. The van der Waals surface area contributed by atoms with Crippen LogP contribution in [0.15, 0.2) is 6.07 Å². The van der Waals surface area contributed by atoms with Crippen LogP contribution in [0.25, 0.3) is 0 Å². The zero-order chi connectivity index (χ0) is 13.3. The Morgan fingerprint density at radius 1 is 1.44 bits per heavy atom. The maximum atomic E-state index is 9.52. The van der Waals surface area contributed by atoms with Gasteiger partial charge < -0.3 is 10.0 Å². The van der Waals surface area contributed by atoms with Crippen LogP contribution in [0, 0.1) is 12.8 Å². The maximum absolute atomic E-state index is 9.52. The second kappa shape index (κ2) is 5.22. The molecule has 0 saturated carbocycles. The predicted molar refractivity (Wildman–Crippen MR) is 72.9 cm³/mol. The quantitative estimate of drug-likeness (QED) is 0.891. The zero-order valence-corrected chi connectivity index (χ0v) is 11.7. The molecule has 0 amide bonds. The highest BCUT2D eigenvalue weighted by Gasteiger charge is 2.32. The van der Waals surface area contributed by atoms with Crippen molar-refractivity contribution in [3.63, 3.8) is 0 Å². The molecule has 0 spiro atoms. The Labute approximate surface area is 109 Å². The van der Waals surface area contributed by atoms with Gasteiger partial charge in [0.15, 0.2) is 0 Å². The van der Waals surface area contributed by atoms with Gasteiger partial charge in [0.2, 0.25) is 5.95 Å². The van der Waals surface area contributed by atoms with Gasteiger partial charge in [-0.25, -0.2) is 9.97 Å². The summed E-state index contributed by atoms with van der Waals surface area (Å²) in [6.07, 6.45) is 1.10. The van der Waals surface area contributed by atoms with E-state index in [9.17, 15) is 5.11 Å². The molecule has 18 heavy (non-hydrogen) atoms. The van der Waals surface area contributed by atoms with Crippen molar-refractivity contribution in [2.45, 2.75) is 46.1 Å². The Hall–Kier alpha value is -1.16. The minimum atomic E-state index is 0.159. The number of aryl methyl sites for hydroxylation is 1. The Morgan fingerprint density at radius 2 is 2.17 bits per heavy atom. The van der Waals surface area contributed by atoms with E-state index in [0.29, 0.717) is 11.8 Å². The zero-order valence-electron chi connectivity index (χ0n) is 11.7. The van der Waals surface area contributed by atoms with Crippen molar-refractivity contribution in [1.29, 1.82) is 0 Å². The largest absolute Gasteiger partial charge is 0.394 e. The molecule has 100 valence electrons. The van der Waals surface area contributed by atoms with E-state index >= 15 is 0 Å². The monoisotopic (exact) mass is 249 g/mol. The van der Waals surface area contributed by atoms with Gasteiger partial charge in [-0.05, 0) is 31.2 Å². The number of aliphatic hydroxyl groups is 1. The molecule has 1 aliphatic heterocycles. The average Bonchev–Trinajstić information content (AvgIpc) is 2.69. The van der Waals surface area contributed by atoms with Crippen molar-refractivity contribution in [2.75, 3.05) is 18.1 Å². The van der Waals surface area contributed by atoms with Gasteiger partial charge in [0, 0.05) is 17.9 Å². The first kappa shape index (κ1) is 13.3. The average molecular weight is 249 g/mol. The van der Waals surface area contributed by atoms with E-state index in [2.05, 4.69) is 35.6 Å². The fraction of sp³-hybridized carbons (Fsp3) is 0.714. The van der Waals surface area contributed by atoms with Gasteiger partial charge in [-0.2, -0.15) is 0 Å². The summed E-state index contributed by atoms with van der Waals surface area (Å²) in [6.45, 7) is 9.58. The molecule has 1 saturated heterocycles. The van der Waals surface area contributed by atoms with E-state index < -0.39 is 0 Å². The van der Waals surface area contributed by atoms with E-state index in [-0.39, 0.29) is 12.6 Å². The minimum Gasteiger partial charge on any atom is -0.394 e. The van der Waals surface area contributed by atoms with Crippen molar-refractivity contribution in [3.8, 4) is 0 Å². The van der Waals surface area contributed by atoms with Crippen molar-refractivity contribution in [1.82, 2.24) is 9.97 Å². The van der Waals surface area contributed by atoms with Crippen LogP contribution < -0.4 is 4.90 Å². The van der Waals surface area contributed by atoms with E-state index in [1.807, 2.05) is 13.0 Å². The molecule has 2 rings (SSSR count). The maximum Gasteiger partial charge on any atom is 0.226 e. The molecule has 4 nitrogen and oxygen atoms in total. The second-order valence-electron chi connectivity index (χ2n) is 5.60. The molecule has 1 fully saturated rings. The van der Waals surface area contributed by atoms with Gasteiger partial charge >= 0.3 is 0 Å². The number of anilines is 1. The summed E-state index contributed by atoms with van der Waals surface area (Å²) < 4.78 is 0. The van der Waals surface area contributed by atoms with Crippen LogP contribution in [-0.4, -0.2) is 34.3 Å². The summed E-state index contributed by atoms with van der Waals surface area (Å²) in [5.74, 6) is 1.68. The fourth-order valence-corrected chi connectivity index (χ4v) is 2.54. The molecular weight excluding hydrogens is 226 g/mol. The summed E-state index contributed by atoms with van der Waals surface area (Å²) in [4.78, 5) is 11.3. The number of aliphatic hydroxyl groups excluding tert-OH is 1. The van der Waals surface area contributed by atoms with Crippen molar-refractivity contribution in [2.24, 2.45) is 5.92 Å². The minimum absolute atomic E-state index is 0.159. The van der Waals surface area contributed by atoms with Gasteiger partial charge in [0.25, 0.3) is 0 Å². The SMILES string of the molecule is Cc1cc(C(C)C)nc(N2CCC(C)C2CO)n1. The van der Waals surface area contributed by atoms with Crippen molar-refractivity contribution >= 4 is 5.95 Å². The summed E-state index contributed by atoms with van der Waals surface area (Å²) in [5, 5.41) is 9.52. The van der Waals surface area contributed by atoms with Crippen LogP contribution in [0.2, 0.25) is 0 Å². The molecule has 4 heteroatoms. The summed E-state index contributed by atoms with van der Waals surface area (Å²) in [5.41, 5.74) is 2.08. The Balaban J connectivity index is 2.33. The van der Waals surface area contributed by atoms with E-state index in [0.717, 1.165) is 30.3 Å². The third-order valence-electron chi connectivity index (χ3n) is 3.78. The molecule has 0 aliphatic carbocycles. The molecule has 2 unspecified atom stereocenters. The molecule has 2 heterocycles. The molecule has 0 radical (unpaired) electrons. The first-order chi connectivity index (χ1) is 8.52. The molecule has 1 aromatic heterocycles. The molecule has 1 aliphatic rings. The Morgan fingerprint density at radius 3 is 2.78 bits per heavy atom. The van der Waals surface area contributed by atoms with Crippen LogP contribution in [0.4, 0.5) is 5.95 Å². The lowest BCUT2D eigenvalue weighted by Gasteiger charge is -2.26. The molecule has 0 aromatic carbocycles. The normalized spacial score (nSPS) is 24.0. The highest BCUT2D eigenvalue weighted by atomic mass is 16.3. The summed E-state index contributed by atoms with van der Waals surface area (Å²) >= 11 is 0. The van der Waals surface area contributed by atoms with E-state index in [4.69, 9.17) is 0 Å². The third kappa shape index (κ3) is 2.48. The number of aromatic nitrogens is 2. The lowest BCUT2D eigenvalue weighted by atomic mass is 10.0. The topological polar surface area (TPSA) is 49.2 Å². The third-order valence-corrected chi connectivity index (χ3v) is 3.78. The first-order valence-corrected chi connectivity index (χ1v) is 6.76. The first-order valence-electron chi connectivity index (χ1n) is 6.76. The molecule has 1 aromatic rings. The van der Waals surface area contributed by atoms with Crippen molar-refractivity contribution < 1.29 is 5.11 Å². The van der Waals surface area contributed by atoms with E-state index in [1.165, 1.54) is 0 Å². The predicted octanol–water partition coefficient (Wildman–Crippen LogP) is 2.12. The van der Waals surface area contributed by atoms with Gasteiger partial charge in [-0.15, -0.1) is 0 Å². The Bertz CT molecular complexity index is 420. The van der Waals surface area contributed by atoms with E-state index in [1.54, 1.807) is 0 Å². The van der Waals surface area contributed by atoms with Crippen LogP contribution >= 0.6 is 0 Å². The van der Waals surface area contributed by atoms with Crippen LogP contribution in [0.3, 0.4) is 0 Å².